The number of ketones is 1. The molecule has 0 radical (unpaired) electrons. The van der Waals surface area contributed by atoms with Gasteiger partial charge in [0.1, 0.15) is 5.02 Å². The Morgan fingerprint density at radius 3 is 2.38 bits per heavy atom. The summed E-state index contributed by atoms with van der Waals surface area (Å²) in [7, 11) is -5.91. The van der Waals surface area contributed by atoms with Gasteiger partial charge in [-0.25, -0.2) is 0 Å². The van der Waals surface area contributed by atoms with E-state index < -0.39 is 31.8 Å². The Morgan fingerprint density at radius 1 is 1.21 bits per heavy atom. The summed E-state index contributed by atoms with van der Waals surface area (Å²) in [6, 6.07) is 1.12. The van der Waals surface area contributed by atoms with Crippen molar-refractivity contribution in [1.82, 2.24) is 0 Å². The lowest BCUT2D eigenvalue weighted by Gasteiger charge is -2.34. The van der Waals surface area contributed by atoms with Gasteiger partial charge >= 0.3 is 15.6 Å². The summed E-state index contributed by atoms with van der Waals surface area (Å²) >= 11 is 12.3. The van der Waals surface area contributed by atoms with Crippen molar-refractivity contribution in [1.29, 1.82) is 0 Å². The van der Waals surface area contributed by atoms with Gasteiger partial charge < -0.3 is 4.18 Å². The zero-order valence-electron chi connectivity index (χ0n) is 15.7. The fourth-order valence-electron chi connectivity index (χ4n) is 4.64. The second-order valence-corrected chi connectivity index (χ2v) is 10.1. The molecule has 3 rings (SSSR count). The van der Waals surface area contributed by atoms with Crippen molar-refractivity contribution in [3.8, 4) is 5.75 Å². The van der Waals surface area contributed by atoms with E-state index >= 15 is 0 Å². The lowest BCUT2D eigenvalue weighted by molar-refractivity contribution is -0.0500. The minimum atomic E-state index is -5.91. The van der Waals surface area contributed by atoms with Crippen LogP contribution in [0, 0.1) is 11.3 Å². The summed E-state index contributed by atoms with van der Waals surface area (Å²) in [6.45, 7) is 2.02. The molecule has 10 heteroatoms. The van der Waals surface area contributed by atoms with Crippen LogP contribution < -0.4 is 4.18 Å². The minimum Gasteiger partial charge on any atom is -0.374 e. The lowest BCUT2D eigenvalue weighted by atomic mass is 9.68. The predicted molar refractivity (Wildman–Crippen MR) is 104 cm³/mol. The Morgan fingerprint density at radius 2 is 1.83 bits per heavy atom. The van der Waals surface area contributed by atoms with E-state index in [0.29, 0.717) is 18.4 Å². The van der Waals surface area contributed by atoms with Crippen LogP contribution in [0.2, 0.25) is 10.0 Å². The quantitative estimate of drug-likeness (QED) is 0.358. The van der Waals surface area contributed by atoms with E-state index in [4.69, 9.17) is 23.2 Å². The molecule has 0 heterocycles. The Kier molecular flexibility index (Phi) is 6.20. The molecule has 0 spiro atoms. The highest BCUT2D eigenvalue weighted by Gasteiger charge is 2.53. The summed E-state index contributed by atoms with van der Waals surface area (Å²) in [4.78, 5) is 13.5. The zero-order valence-corrected chi connectivity index (χ0v) is 18.1. The van der Waals surface area contributed by atoms with Crippen LogP contribution in [-0.4, -0.2) is 19.7 Å². The molecule has 0 amide bonds. The van der Waals surface area contributed by atoms with E-state index in [1.54, 1.807) is 0 Å². The standard InChI is InChI=1S/C19H21Cl2F3O4S/c1-2-3-8-18(12-6-4-5-7-12)10-11-9-13(28-29(26,27)19(22,23)24)15(20)16(21)14(11)17(18)25/h9,12H,2-8,10H2,1H3. The first-order valence-corrected chi connectivity index (χ1v) is 11.7. The number of hydrogen-bond acceptors (Lipinski definition) is 4. The van der Waals surface area contributed by atoms with Crippen molar-refractivity contribution in [2.24, 2.45) is 11.3 Å². The maximum absolute atomic E-state index is 13.5. The number of Topliss-reactive ketones (excluding diaryl/α,β-unsaturated/α-hetero) is 1. The van der Waals surface area contributed by atoms with Crippen molar-refractivity contribution in [2.45, 2.75) is 63.8 Å². The molecular formula is C19H21Cl2F3O4S. The fourth-order valence-corrected chi connectivity index (χ4v) is 5.64. The van der Waals surface area contributed by atoms with Crippen molar-refractivity contribution < 1.29 is 30.6 Å². The number of carbonyl (C=O) groups is 1. The highest BCUT2D eigenvalue weighted by atomic mass is 35.5. The molecule has 0 bridgehead atoms. The molecule has 1 aromatic rings. The van der Waals surface area contributed by atoms with E-state index in [2.05, 4.69) is 4.18 Å². The number of benzene rings is 1. The molecule has 2 aliphatic rings. The lowest BCUT2D eigenvalue weighted by Crippen LogP contribution is -2.35. The molecule has 0 saturated heterocycles. The van der Waals surface area contributed by atoms with E-state index in [-0.39, 0.29) is 22.3 Å². The van der Waals surface area contributed by atoms with Gasteiger partial charge in [0.15, 0.2) is 11.5 Å². The summed E-state index contributed by atoms with van der Waals surface area (Å²) in [6.07, 6.45) is 6.51. The molecule has 1 unspecified atom stereocenters. The van der Waals surface area contributed by atoms with Crippen LogP contribution >= 0.6 is 23.2 Å². The van der Waals surface area contributed by atoms with Gasteiger partial charge in [0, 0.05) is 11.0 Å². The van der Waals surface area contributed by atoms with Gasteiger partial charge in [0.2, 0.25) is 0 Å². The van der Waals surface area contributed by atoms with E-state index in [9.17, 15) is 26.4 Å². The number of rotatable bonds is 6. The van der Waals surface area contributed by atoms with Crippen molar-refractivity contribution in [3.05, 3.63) is 27.2 Å². The maximum Gasteiger partial charge on any atom is 0.534 e. The normalized spacial score (nSPS) is 22.9. The van der Waals surface area contributed by atoms with Gasteiger partial charge in [0.05, 0.1) is 5.02 Å². The molecule has 4 nitrogen and oxygen atoms in total. The number of carbonyl (C=O) groups excluding carboxylic acids is 1. The van der Waals surface area contributed by atoms with Crippen LogP contribution in [0.1, 0.15) is 67.8 Å². The van der Waals surface area contributed by atoms with Crippen LogP contribution in [-0.2, 0) is 16.5 Å². The van der Waals surface area contributed by atoms with Gasteiger partial charge in [-0.2, -0.15) is 21.6 Å². The van der Waals surface area contributed by atoms with Gasteiger partial charge in [-0.3, -0.25) is 4.79 Å². The number of halogens is 5. The molecular weight excluding hydrogens is 452 g/mol. The van der Waals surface area contributed by atoms with Gasteiger partial charge in [0.25, 0.3) is 0 Å². The molecule has 0 N–H and O–H groups in total. The zero-order chi connectivity index (χ0) is 21.6. The third-order valence-electron chi connectivity index (χ3n) is 6.04. The van der Waals surface area contributed by atoms with Crippen LogP contribution in [0.15, 0.2) is 6.07 Å². The van der Waals surface area contributed by atoms with Crippen molar-refractivity contribution in [2.75, 3.05) is 0 Å². The van der Waals surface area contributed by atoms with Crippen LogP contribution in [0.4, 0.5) is 13.2 Å². The first-order chi connectivity index (χ1) is 13.4. The van der Waals surface area contributed by atoms with Crippen molar-refractivity contribution >= 4 is 39.1 Å². The molecule has 1 fully saturated rings. The third-order valence-corrected chi connectivity index (χ3v) is 7.85. The van der Waals surface area contributed by atoms with Crippen LogP contribution in [0.3, 0.4) is 0 Å². The average molecular weight is 473 g/mol. The summed E-state index contributed by atoms with van der Waals surface area (Å²) in [5, 5.41) is -0.762. The average Bonchev–Trinajstić information content (AvgIpc) is 3.24. The Hall–Kier alpha value is -0.990. The monoisotopic (exact) mass is 472 g/mol. The molecule has 162 valence electrons. The number of alkyl halides is 3. The summed E-state index contributed by atoms with van der Waals surface area (Å²) in [5.74, 6) is -0.699. The molecule has 1 aromatic carbocycles. The number of hydrogen-bond donors (Lipinski definition) is 0. The van der Waals surface area contributed by atoms with Gasteiger partial charge in [-0.05, 0) is 43.2 Å². The minimum absolute atomic E-state index is 0.148. The SMILES string of the molecule is CCCCC1(C2CCCC2)Cc2cc(OS(=O)(=O)C(F)(F)F)c(Cl)c(Cl)c2C1=O. The second-order valence-electron chi connectivity index (χ2n) is 7.77. The Labute approximate surface area is 177 Å². The first kappa shape index (κ1) is 22.7. The first-order valence-electron chi connectivity index (χ1n) is 9.51. The molecule has 0 aromatic heterocycles. The fraction of sp³-hybridized carbons (Fsp3) is 0.632. The van der Waals surface area contributed by atoms with E-state index in [0.717, 1.165) is 44.6 Å². The third kappa shape index (κ3) is 3.88. The summed E-state index contributed by atoms with van der Waals surface area (Å²) in [5.41, 5.74) is -5.72. The topological polar surface area (TPSA) is 60.4 Å². The Balaban J connectivity index is 2.06. The number of unbranched alkanes of at least 4 members (excludes halogenated alkanes) is 1. The highest BCUT2D eigenvalue weighted by molar-refractivity contribution is 7.88. The smallest absolute Gasteiger partial charge is 0.374 e. The van der Waals surface area contributed by atoms with E-state index in [1.807, 2.05) is 6.92 Å². The molecule has 1 atom stereocenters. The van der Waals surface area contributed by atoms with Gasteiger partial charge in [-0.15, -0.1) is 0 Å². The molecule has 0 aliphatic heterocycles. The van der Waals surface area contributed by atoms with Gasteiger partial charge in [-0.1, -0.05) is 55.8 Å². The number of fused-ring (bicyclic) bond motifs is 1. The van der Waals surface area contributed by atoms with Crippen LogP contribution in [0.5, 0.6) is 5.75 Å². The maximum atomic E-state index is 13.5. The Bertz CT molecular complexity index is 924. The molecule has 29 heavy (non-hydrogen) atoms. The van der Waals surface area contributed by atoms with E-state index in [1.165, 1.54) is 0 Å². The van der Waals surface area contributed by atoms with Crippen LogP contribution in [0.25, 0.3) is 0 Å². The molecule has 2 aliphatic carbocycles. The summed E-state index contributed by atoms with van der Waals surface area (Å²) < 4.78 is 65.2. The molecule has 1 saturated carbocycles. The second kappa shape index (κ2) is 7.93. The largest absolute Gasteiger partial charge is 0.534 e. The predicted octanol–water partition coefficient (Wildman–Crippen LogP) is 6.33. The van der Waals surface area contributed by atoms with Crippen molar-refractivity contribution in [3.63, 3.8) is 0 Å². The highest BCUT2D eigenvalue weighted by Crippen LogP contribution is 2.55.